The van der Waals surface area contributed by atoms with E-state index in [1.807, 2.05) is 17.8 Å². The van der Waals surface area contributed by atoms with Crippen molar-refractivity contribution in [2.75, 3.05) is 29.5 Å². The van der Waals surface area contributed by atoms with Crippen LogP contribution in [0, 0.1) is 0 Å². The summed E-state index contributed by atoms with van der Waals surface area (Å²) in [5, 5.41) is 0. The highest BCUT2D eigenvalue weighted by Gasteiger charge is 2.24. The Balaban J connectivity index is 2.11. The third-order valence-electron chi connectivity index (χ3n) is 2.84. The molecule has 1 aliphatic heterocycles. The number of aromatic nitrogens is 2. The minimum absolute atomic E-state index is 0.368. The average molecular weight is 238 g/mol. The van der Waals surface area contributed by atoms with Gasteiger partial charge >= 0.3 is 0 Å². The summed E-state index contributed by atoms with van der Waals surface area (Å²) in [7, 11) is 0. The first kappa shape index (κ1) is 11.5. The second kappa shape index (κ2) is 4.49. The molecule has 0 unspecified atom stereocenters. The molecule has 2 rings (SSSR count). The molecule has 0 aliphatic carbocycles. The first-order valence-corrected chi connectivity index (χ1v) is 6.52. The maximum Gasteiger partial charge on any atom is 0.134 e. The van der Waals surface area contributed by atoms with E-state index in [0.29, 0.717) is 10.6 Å². The lowest BCUT2D eigenvalue weighted by molar-refractivity contribution is 0.635. The van der Waals surface area contributed by atoms with Gasteiger partial charge in [0.25, 0.3) is 0 Å². The van der Waals surface area contributed by atoms with Gasteiger partial charge in [0.15, 0.2) is 0 Å². The molecule has 1 aliphatic rings. The molecular weight excluding hydrogens is 220 g/mol. The first-order chi connectivity index (χ1) is 7.57. The minimum atomic E-state index is 0.368. The van der Waals surface area contributed by atoms with E-state index in [1.165, 1.54) is 12.7 Å². The van der Waals surface area contributed by atoms with Crippen molar-refractivity contribution in [3.05, 3.63) is 12.4 Å². The summed E-state index contributed by atoms with van der Waals surface area (Å²) >= 11 is 2.03. The maximum absolute atomic E-state index is 5.67. The van der Waals surface area contributed by atoms with Crippen LogP contribution in [0.3, 0.4) is 0 Å². The third-order valence-corrected chi connectivity index (χ3v) is 4.21. The summed E-state index contributed by atoms with van der Waals surface area (Å²) in [4.78, 5) is 10.5. The van der Waals surface area contributed by atoms with Crippen LogP contribution in [-0.4, -0.2) is 33.6 Å². The Bertz CT molecular complexity index is 367. The lowest BCUT2D eigenvalue weighted by atomic mass is 10.1. The summed E-state index contributed by atoms with van der Waals surface area (Å²) in [6.45, 7) is 6.67. The zero-order valence-electron chi connectivity index (χ0n) is 9.81. The van der Waals surface area contributed by atoms with Gasteiger partial charge in [-0.25, -0.2) is 9.97 Å². The van der Waals surface area contributed by atoms with Crippen molar-refractivity contribution in [1.82, 2.24) is 9.97 Å². The molecule has 0 bridgehead atoms. The quantitative estimate of drug-likeness (QED) is 0.808. The molecule has 88 valence electrons. The monoisotopic (exact) mass is 238 g/mol. The third kappa shape index (κ3) is 2.78. The van der Waals surface area contributed by atoms with Gasteiger partial charge in [-0.1, -0.05) is 13.8 Å². The van der Waals surface area contributed by atoms with Gasteiger partial charge in [0, 0.05) is 29.7 Å². The predicted octanol–water partition coefficient (Wildman–Crippen LogP) is 1.78. The Hall–Kier alpha value is -0.970. The fraction of sp³-hybridized carbons (Fsp3) is 0.636. The Kier molecular flexibility index (Phi) is 3.23. The van der Waals surface area contributed by atoms with Crippen molar-refractivity contribution >= 4 is 23.4 Å². The molecule has 1 fully saturated rings. The molecule has 0 atom stereocenters. The highest BCUT2D eigenvalue weighted by molar-refractivity contribution is 8.00. The van der Waals surface area contributed by atoms with Crippen molar-refractivity contribution in [2.45, 2.75) is 25.0 Å². The van der Waals surface area contributed by atoms with Crippen LogP contribution in [0.15, 0.2) is 12.4 Å². The molecule has 5 heteroatoms. The van der Waals surface area contributed by atoms with Crippen LogP contribution in [0.25, 0.3) is 0 Å². The van der Waals surface area contributed by atoms with E-state index in [1.54, 1.807) is 0 Å². The van der Waals surface area contributed by atoms with E-state index < -0.39 is 0 Å². The van der Waals surface area contributed by atoms with Gasteiger partial charge in [-0.3, -0.25) is 0 Å². The van der Waals surface area contributed by atoms with Crippen LogP contribution >= 0.6 is 11.8 Å². The molecule has 0 amide bonds. The highest BCUT2D eigenvalue weighted by atomic mass is 32.2. The molecule has 1 aromatic rings. The van der Waals surface area contributed by atoms with Crippen LogP contribution in [0.4, 0.5) is 11.6 Å². The second-order valence-electron chi connectivity index (χ2n) is 4.65. The molecule has 0 spiro atoms. The number of hydrogen-bond acceptors (Lipinski definition) is 5. The largest absolute Gasteiger partial charge is 0.384 e. The van der Waals surface area contributed by atoms with Crippen LogP contribution in [0.2, 0.25) is 0 Å². The van der Waals surface area contributed by atoms with Gasteiger partial charge in [-0.15, -0.1) is 0 Å². The molecule has 2 heterocycles. The second-order valence-corrected chi connectivity index (χ2v) is 6.45. The Morgan fingerprint density at radius 3 is 2.94 bits per heavy atom. The van der Waals surface area contributed by atoms with Gasteiger partial charge in [0.1, 0.15) is 18.0 Å². The van der Waals surface area contributed by atoms with Crippen LogP contribution in [0.1, 0.15) is 20.3 Å². The van der Waals surface area contributed by atoms with Crippen LogP contribution in [-0.2, 0) is 0 Å². The smallest absolute Gasteiger partial charge is 0.134 e. The predicted molar refractivity (Wildman–Crippen MR) is 69.8 cm³/mol. The molecule has 16 heavy (non-hydrogen) atoms. The lowest BCUT2D eigenvalue weighted by Gasteiger charge is -2.23. The summed E-state index contributed by atoms with van der Waals surface area (Å²) in [6.07, 6.45) is 2.70. The fourth-order valence-electron chi connectivity index (χ4n) is 1.78. The molecule has 1 aromatic heterocycles. The van der Waals surface area contributed by atoms with Crippen molar-refractivity contribution in [1.29, 1.82) is 0 Å². The molecule has 1 saturated heterocycles. The fourth-order valence-corrected chi connectivity index (χ4v) is 2.88. The average Bonchev–Trinajstić information content (AvgIpc) is 2.39. The summed E-state index contributed by atoms with van der Waals surface area (Å²) in [5.74, 6) is 2.63. The standard InChI is InChI=1S/C11H18N4S/c1-11(2)3-4-15(5-6-16-11)10-7-9(12)13-8-14-10/h7-8H,3-6H2,1-2H3,(H2,12,13,14). The maximum atomic E-state index is 5.67. The zero-order valence-corrected chi connectivity index (χ0v) is 10.6. The number of nitrogens with zero attached hydrogens (tertiary/aromatic N) is 3. The number of rotatable bonds is 1. The SMILES string of the molecule is CC1(C)CCN(c2cc(N)ncn2)CCS1. The van der Waals surface area contributed by atoms with E-state index in [9.17, 15) is 0 Å². The first-order valence-electron chi connectivity index (χ1n) is 5.53. The number of nitrogens with two attached hydrogens (primary N) is 1. The van der Waals surface area contributed by atoms with E-state index >= 15 is 0 Å². The van der Waals surface area contributed by atoms with Crippen LogP contribution < -0.4 is 10.6 Å². The van der Waals surface area contributed by atoms with Gasteiger partial charge in [0.05, 0.1) is 0 Å². The Morgan fingerprint density at radius 1 is 1.38 bits per heavy atom. The molecule has 0 radical (unpaired) electrons. The van der Waals surface area contributed by atoms with Gasteiger partial charge in [0.2, 0.25) is 0 Å². The van der Waals surface area contributed by atoms with Gasteiger partial charge in [-0.05, 0) is 6.42 Å². The number of nitrogen functional groups attached to an aromatic ring is 1. The van der Waals surface area contributed by atoms with Crippen LogP contribution in [0.5, 0.6) is 0 Å². The van der Waals surface area contributed by atoms with Crippen molar-refractivity contribution in [2.24, 2.45) is 0 Å². The molecular formula is C11H18N4S. The summed E-state index contributed by atoms with van der Waals surface area (Å²) in [6, 6.07) is 1.85. The molecule has 0 saturated carbocycles. The van der Waals surface area contributed by atoms with E-state index in [4.69, 9.17) is 5.73 Å². The minimum Gasteiger partial charge on any atom is -0.384 e. The van der Waals surface area contributed by atoms with E-state index in [0.717, 1.165) is 24.7 Å². The van der Waals surface area contributed by atoms with E-state index in [-0.39, 0.29) is 0 Å². The van der Waals surface area contributed by atoms with Crippen molar-refractivity contribution < 1.29 is 0 Å². The lowest BCUT2D eigenvalue weighted by Crippen LogP contribution is -2.27. The molecule has 2 N–H and O–H groups in total. The van der Waals surface area contributed by atoms with E-state index in [2.05, 4.69) is 28.7 Å². The summed E-state index contributed by atoms with van der Waals surface area (Å²) in [5.41, 5.74) is 5.67. The summed E-state index contributed by atoms with van der Waals surface area (Å²) < 4.78 is 0.368. The zero-order chi connectivity index (χ0) is 11.6. The number of hydrogen-bond donors (Lipinski definition) is 1. The molecule has 0 aromatic carbocycles. The van der Waals surface area contributed by atoms with Gasteiger partial charge in [-0.2, -0.15) is 11.8 Å². The number of anilines is 2. The van der Waals surface area contributed by atoms with Gasteiger partial charge < -0.3 is 10.6 Å². The Labute approximate surface area is 101 Å². The van der Waals surface area contributed by atoms with Crippen molar-refractivity contribution in [3.63, 3.8) is 0 Å². The van der Waals surface area contributed by atoms with Crippen molar-refractivity contribution in [3.8, 4) is 0 Å². The number of thioether (sulfide) groups is 1. The topological polar surface area (TPSA) is 55.0 Å². The Morgan fingerprint density at radius 2 is 2.19 bits per heavy atom. The molecule has 4 nitrogen and oxygen atoms in total. The normalized spacial score (nSPS) is 20.5. The highest BCUT2D eigenvalue weighted by Crippen LogP contribution is 2.31.